The first-order valence-corrected chi connectivity index (χ1v) is 4.51. The number of nitrogens with zero attached hydrogens (tertiary/aromatic N) is 1. The molecule has 6 heteroatoms. The Balaban J connectivity index is 2.55. The number of fused-ring (bicyclic) bond motifs is 1. The summed E-state index contributed by atoms with van der Waals surface area (Å²) in [6, 6.07) is 2.65. The second kappa shape index (κ2) is 3.41. The number of ether oxygens (including phenoxy) is 1. The van der Waals surface area contributed by atoms with Crippen LogP contribution in [0.15, 0.2) is 18.2 Å². The van der Waals surface area contributed by atoms with Gasteiger partial charge in [0.2, 0.25) is 0 Å². The van der Waals surface area contributed by atoms with E-state index in [1.807, 2.05) is 0 Å². The van der Waals surface area contributed by atoms with E-state index in [1.165, 1.54) is 12.1 Å². The topological polar surface area (TPSA) is 86.5 Å². The van der Waals surface area contributed by atoms with E-state index < -0.39 is 22.7 Å². The van der Waals surface area contributed by atoms with Crippen LogP contribution in [-0.4, -0.2) is 22.7 Å². The van der Waals surface area contributed by atoms with Crippen LogP contribution in [0.3, 0.4) is 0 Å². The van der Waals surface area contributed by atoms with Gasteiger partial charge in [0.15, 0.2) is 0 Å². The minimum Gasteiger partial charge on any atom is -0.420 e. The summed E-state index contributed by atoms with van der Waals surface area (Å²) < 4.78 is 4.73. The summed E-state index contributed by atoms with van der Waals surface area (Å²) >= 11 is 0. The van der Waals surface area contributed by atoms with Gasteiger partial charge in [-0.1, -0.05) is 11.6 Å². The number of esters is 1. The summed E-state index contributed by atoms with van der Waals surface area (Å²) in [4.78, 5) is 32.5. The third-order valence-electron chi connectivity index (χ3n) is 2.29. The Morgan fingerprint density at radius 2 is 2.06 bits per heavy atom. The van der Waals surface area contributed by atoms with E-state index in [4.69, 9.17) is 4.74 Å². The van der Waals surface area contributed by atoms with Crippen LogP contribution in [0.5, 0.6) is 5.75 Å². The largest absolute Gasteiger partial charge is 0.420 e. The highest BCUT2D eigenvalue weighted by Crippen LogP contribution is 2.27. The van der Waals surface area contributed by atoms with Crippen molar-refractivity contribution in [2.45, 2.75) is 13.0 Å². The molecule has 1 heterocycles. The first-order valence-electron chi connectivity index (χ1n) is 4.51. The molecule has 0 unspecified atom stereocenters. The van der Waals surface area contributed by atoms with Gasteiger partial charge in [0, 0.05) is 4.92 Å². The molecule has 0 aromatic heterocycles. The van der Waals surface area contributed by atoms with Crippen molar-refractivity contribution in [3.8, 4) is 5.75 Å². The van der Waals surface area contributed by atoms with E-state index in [1.54, 1.807) is 13.0 Å². The molecule has 6 nitrogen and oxygen atoms in total. The molecule has 0 N–H and O–H groups in total. The summed E-state index contributed by atoms with van der Waals surface area (Å²) in [6.45, 7) is 1.74. The molecule has 0 bridgehead atoms. The molecule has 2 rings (SSSR count). The highest BCUT2D eigenvalue weighted by atomic mass is 16.6. The monoisotopic (exact) mass is 221 g/mol. The van der Waals surface area contributed by atoms with Crippen molar-refractivity contribution in [3.63, 3.8) is 0 Å². The third-order valence-corrected chi connectivity index (χ3v) is 2.29. The molecule has 0 radical (unpaired) electrons. The molecule has 0 amide bonds. The average Bonchev–Trinajstić information content (AvgIpc) is 2.19. The van der Waals surface area contributed by atoms with Gasteiger partial charge in [-0.05, 0) is 19.1 Å². The molecule has 0 fully saturated rings. The van der Waals surface area contributed by atoms with Crippen LogP contribution in [0.2, 0.25) is 0 Å². The number of Topliss-reactive ketones (excluding diaryl/α,β-unsaturated/α-hetero) is 1. The molecule has 1 atom stereocenters. The maximum absolute atomic E-state index is 11.7. The van der Waals surface area contributed by atoms with Gasteiger partial charge in [0.05, 0.1) is 5.56 Å². The molecule has 0 aliphatic carbocycles. The second-order valence-corrected chi connectivity index (χ2v) is 3.47. The number of hydrogen-bond acceptors (Lipinski definition) is 5. The zero-order valence-electron chi connectivity index (χ0n) is 8.30. The SMILES string of the molecule is Cc1ccc2c(c1)C(=O)[C@@H]([N+](=O)[O-])C(=O)O2. The second-order valence-electron chi connectivity index (χ2n) is 3.47. The number of benzene rings is 1. The number of ketones is 1. The van der Waals surface area contributed by atoms with Crippen LogP contribution < -0.4 is 4.74 Å². The summed E-state index contributed by atoms with van der Waals surface area (Å²) in [5.74, 6) is -1.87. The zero-order chi connectivity index (χ0) is 11.9. The highest BCUT2D eigenvalue weighted by Gasteiger charge is 2.45. The fourth-order valence-corrected chi connectivity index (χ4v) is 1.53. The molecule has 0 saturated carbocycles. The van der Waals surface area contributed by atoms with Crippen molar-refractivity contribution in [3.05, 3.63) is 39.4 Å². The van der Waals surface area contributed by atoms with Gasteiger partial charge in [0.1, 0.15) is 5.75 Å². The lowest BCUT2D eigenvalue weighted by Gasteiger charge is -2.17. The Hall–Kier alpha value is -2.24. The minimum atomic E-state index is -1.94. The molecule has 16 heavy (non-hydrogen) atoms. The van der Waals surface area contributed by atoms with Crippen molar-refractivity contribution in [2.24, 2.45) is 0 Å². The maximum atomic E-state index is 11.7. The van der Waals surface area contributed by atoms with Crippen LogP contribution in [0, 0.1) is 17.0 Å². The van der Waals surface area contributed by atoms with E-state index in [0.717, 1.165) is 5.56 Å². The molecular weight excluding hydrogens is 214 g/mol. The molecular formula is C10H7NO5. The van der Waals surface area contributed by atoms with E-state index in [-0.39, 0.29) is 11.3 Å². The molecule has 1 aliphatic heterocycles. The summed E-state index contributed by atoms with van der Waals surface area (Å²) in [5.41, 5.74) is 0.855. The van der Waals surface area contributed by atoms with Gasteiger partial charge in [-0.15, -0.1) is 0 Å². The van der Waals surface area contributed by atoms with Gasteiger partial charge >= 0.3 is 12.0 Å². The lowest BCUT2D eigenvalue weighted by molar-refractivity contribution is -0.493. The summed E-state index contributed by atoms with van der Waals surface area (Å²) in [6.07, 6.45) is 0. The third kappa shape index (κ3) is 1.44. The van der Waals surface area contributed by atoms with Crippen molar-refractivity contribution in [2.75, 3.05) is 0 Å². The molecule has 0 spiro atoms. The van der Waals surface area contributed by atoms with Gasteiger partial charge in [-0.25, -0.2) is 4.79 Å². The Labute approximate surface area is 90.0 Å². The Kier molecular flexibility index (Phi) is 2.19. The Morgan fingerprint density at radius 1 is 1.38 bits per heavy atom. The van der Waals surface area contributed by atoms with Crippen molar-refractivity contribution < 1.29 is 19.2 Å². The predicted molar refractivity (Wildman–Crippen MR) is 51.9 cm³/mol. The molecule has 1 aromatic rings. The molecule has 82 valence electrons. The van der Waals surface area contributed by atoms with Gasteiger partial charge in [0.25, 0.3) is 5.78 Å². The van der Waals surface area contributed by atoms with E-state index >= 15 is 0 Å². The standard InChI is InChI=1S/C10H7NO5/c1-5-2-3-7-6(4-5)9(12)8(11(14)15)10(13)16-7/h2-4,8H,1H3/t8-/m1/s1. The van der Waals surface area contributed by atoms with Crippen LogP contribution in [0.25, 0.3) is 0 Å². The number of hydrogen-bond donors (Lipinski definition) is 0. The van der Waals surface area contributed by atoms with Crippen LogP contribution in [0.4, 0.5) is 0 Å². The fourth-order valence-electron chi connectivity index (χ4n) is 1.53. The van der Waals surface area contributed by atoms with Crippen molar-refractivity contribution in [1.82, 2.24) is 0 Å². The van der Waals surface area contributed by atoms with Crippen LogP contribution in [-0.2, 0) is 4.79 Å². The van der Waals surface area contributed by atoms with Crippen LogP contribution >= 0.6 is 0 Å². The molecule has 1 aliphatic rings. The first kappa shape index (κ1) is 10.3. The minimum absolute atomic E-state index is 0.0821. The van der Waals surface area contributed by atoms with Crippen molar-refractivity contribution >= 4 is 11.8 Å². The van der Waals surface area contributed by atoms with E-state index in [9.17, 15) is 19.7 Å². The van der Waals surface area contributed by atoms with Crippen LogP contribution in [0.1, 0.15) is 15.9 Å². The maximum Gasteiger partial charge on any atom is 0.395 e. The normalized spacial score (nSPS) is 18.9. The summed E-state index contributed by atoms with van der Waals surface area (Å²) in [7, 11) is 0. The lowest BCUT2D eigenvalue weighted by Crippen LogP contribution is -2.43. The predicted octanol–water partition coefficient (Wildman–Crippen LogP) is 0.742. The zero-order valence-corrected chi connectivity index (χ0v) is 8.30. The average molecular weight is 221 g/mol. The molecule has 1 aromatic carbocycles. The summed E-state index contributed by atoms with van der Waals surface area (Å²) in [5, 5.41) is 10.6. The van der Waals surface area contributed by atoms with E-state index in [2.05, 4.69) is 0 Å². The van der Waals surface area contributed by atoms with Gasteiger partial charge in [-0.2, -0.15) is 0 Å². The van der Waals surface area contributed by atoms with Crippen molar-refractivity contribution in [1.29, 1.82) is 0 Å². The number of aryl methyl sites for hydroxylation is 1. The Morgan fingerprint density at radius 3 is 2.69 bits per heavy atom. The Bertz CT molecular complexity index is 508. The lowest BCUT2D eigenvalue weighted by atomic mass is 9.99. The van der Waals surface area contributed by atoms with Gasteiger partial charge < -0.3 is 4.74 Å². The number of carbonyl (C=O) groups is 2. The number of rotatable bonds is 1. The molecule has 0 saturated heterocycles. The first-order chi connectivity index (χ1) is 7.50. The fraction of sp³-hybridized carbons (Fsp3) is 0.200. The highest BCUT2D eigenvalue weighted by molar-refractivity contribution is 6.15. The number of carbonyl (C=O) groups excluding carboxylic acids is 2. The number of nitro groups is 1. The van der Waals surface area contributed by atoms with Gasteiger partial charge in [-0.3, -0.25) is 14.9 Å². The smallest absolute Gasteiger partial charge is 0.395 e. The quantitative estimate of drug-likeness (QED) is 0.229. The van der Waals surface area contributed by atoms with E-state index in [0.29, 0.717) is 0 Å².